The van der Waals surface area contributed by atoms with Crippen LogP contribution in [0.3, 0.4) is 0 Å². The molecule has 0 unspecified atom stereocenters. The van der Waals surface area contributed by atoms with Crippen molar-refractivity contribution in [1.82, 2.24) is 14.8 Å². The third kappa shape index (κ3) is 3.90. The topological polar surface area (TPSA) is 79.9 Å². The summed E-state index contributed by atoms with van der Waals surface area (Å²) < 4.78 is 7.74. The lowest BCUT2D eigenvalue weighted by Crippen LogP contribution is -2.46. The van der Waals surface area contributed by atoms with E-state index in [2.05, 4.69) is 38.8 Å². The van der Waals surface area contributed by atoms with E-state index >= 15 is 0 Å². The molecule has 0 fully saturated rings. The van der Waals surface area contributed by atoms with Crippen molar-refractivity contribution in [3.05, 3.63) is 107 Å². The first-order chi connectivity index (χ1) is 19.2. The molecule has 0 radical (unpaired) electrons. The van der Waals surface area contributed by atoms with Gasteiger partial charge in [-0.15, -0.1) is 11.3 Å². The number of fused-ring (bicyclic) bond motifs is 4. The number of hydrogen-bond acceptors (Lipinski definition) is 8. The van der Waals surface area contributed by atoms with Gasteiger partial charge >= 0.3 is 0 Å². The van der Waals surface area contributed by atoms with Crippen molar-refractivity contribution in [3.8, 4) is 11.6 Å². The molecule has 0 saturated carbocycles. The third-order valence-corrected chi connectivity index (χ3v) is 7.68. The summed E-state index contributed by atoms with van der Waals surface area (Å²) in [5.41, 5.74) is 4.65. The second-order valence-corrected chi connectivity index (χ2v) is 10.1. The molecule has 0 bridgehead atoms. The monoisotopic (exact) mass is 531 g/mol. The maximum absolute atomic E-state index is 5.91. The quantitative estimate of drug-likeness (QED) is 0.269. The Morgan fingerprint density at radius 1 is 0.949 bits per heavy atom. The van der Waals surface area contributed by atoms with Gasteiger partial charge in [0.15, 0.2) is 23.3 Å². The van der Waals surface area contributed by atoms with Crippen LogP contribution < -0.4 is 15.0 Å². The van der Waals surface area contributed by atoms with Crippen LogP contribution in [0.5, 0.6) is 5.75 Å². The summed E-state index contributed by atoms with van der Waals surface area (Å²) in [5, 5.41) is 10.6. The van der Waals surface area contributed by atoms with Crippen LogP contribution in [0.1, 0.15) is 29.1 Å². The number of anilines is 2. The Morgan fingerprint density at radius 3 is 2.62 bits per heavy atom. The Hall–Kier alpha value is -4.76. The first-order valence-corrected chi connectivity index (χ1v) is 13.7. The number of nitrogens with one attached hydrogen (secondary N) is 1. The number of rotatable bonds is 5. The average Bonchev–Trinajstić information content (AvgIpc) is 3.62. The van der Waals surface area contributed by atoms with Crippen LogP contribution >= 0.6 is 11.3 Å². The van der Waals surface area contributed by atoms with Gasteiger partial charge in [0.2, 0.25) is 0 Å². The molecule has 7 rings (SSSR count). The summed E-state index contributed by atoms with van der Waals surface area (Å²) in [4.78, 5) is 18.4. The zero-order valence-corrected chi connectivity index (χ0v) is 22.3. The lowest BCUT2D eigenvalue weighted by molar-refractivity contribution is 0.342. The number of benzene rings is 2. The van der Waals surface area contributed by atoms with E-state index in [1.807, 2.05) is 79.2 Å². The number of nitrogens with zero attached hydrogens (tertiary/aromatic N) is 6. The van der Waals surface area contributed by atoms with E-state index < -0.39 is 0 Å². The second-order valence-electron chi connectivity index (χ2n) is 9.15. The molecule has 2 aliphatic heterocycles. The first kappa shape index (κ1) is 23.4. The zero-order chi connectivity index (χ0) is 26.3. The molecule has 8 nitrogen and oxygen atoms in total. The van der Waals surface area contributed by atoms with Gasteiger partial charge in [0.1, 0.15) is 11.8 Å². The fourth-order valence-electron chi connectivity index (χ4n) is 5.13. The van der Waals surface area contributed by atoms with Crippen molar-refractivity contribution in [3.63, 3.8) is 0 Å². The lowest BCUT2D eigenvalue weighted by atomic mass is 9.98. The fourth-order valence-corrected chi connectivity index (χ4v) is 5.95. The third-order valence-electron chi connectivity index (χ3n) is 6.76. The van der Waals surface area contributed by atoms with E-state index in [4.69, 9.17) is 19.8 Å². The predicted molar refractivity (Wildman–Crippen MR) is 157 cm³/mol. The summed E-state index contributed by atoms with van der Waals surface area (Å²) in [6, 6.07) is 26.0. The molecule has 0 spiro atoms. The number of hydrogen-bond donors (Lipinski definition) is 1. The van der Waals surface area contributed by atoms with Gasteiger partial charge in [-0.3, -0.25) is 0 Å². The molecule has 9 heteroatoms. The van der Waals surface area contributed by atoms with Gasteiger partial charge in [0.05, 0.1) is 29.4 Å². The second kappa shape index (κ2) is 9.52. The minimum Gasteiger partial charge on any atom is -0.492 e. The van der Waals surface area contributed by atoms with Gasteiger partial charge in [0, 0.05) is 16.6 Å². The van der Waals surface area contributed by atoms with E-state index in [1.165, 1.54) is 4.88 Å². The van der Waals surface area contributed by atoms with Crippen LogP contribution in [0, 0.1) is 6.92 Å². The number of thiophene rings is 1. The van der Waals surface area contributed by atoms with Crippen LogP contribution in [-0.2, 0) is 0 Å². The normalized spacial score (nSPS) is 15.5. The molecule has 3 aromatic heterocycles. The molecule has 39 heavy (non-hydrogen) atoms. The molecule has 192 valence electrons. The molecule has 5 aromatic rings. The molecular weight excluding hydrogens is 506 g/mol. The molecule has 2 aromatic carbocycles. The van der Waals surface area contributed by atoms with Gasteiger partial charge in [-0.1, -0.05) is 36.4 Å². The highest BCUT2D eigenvalue weighted by molar-refractivity contribution is 7.10. The standard InChI is InChI=1S/C30H25N7OS/c1-3-38-23-14-7-5-12-21(23)33-28-30-34-29-26(19(2)35-37(29)25-16-8-9-17-31-25)27(24-15-10-18-39-24)36(30)22-13-6-4-11-20(22)32-28/h4-18,27H,3H2,1-2H3,(H,32,33)/t27-/m1/s1. The van der Waals surface area contributed by atoms with Gasteiger partial charge < -0.3 is 15.0 Å². The number of para-hydroxylation sites is 4. The largest absolute Gasteiger partial charge is 0.492 e. The van der Waals surface area contributed by atoms with Crippen molar-refractivity contribution >= 4 is 45.9 Å². The van der Waals surface area contributed by atoms with Gasteiger partial charge in [-0.2, -0.15) is 9.78 Å². The van der Waals surface area contributed by atoms with Crippen molar-refractivity contribution < 1.29 is 4.74 Å². The number of aliphatic imine (C=N–C) groups is 2. The van der Waals surface area contributed by atoms with Gasteiger partial charge in [-0.05, 0) is 61.7 Å². The first-order valence-electron chi connectivity index (χ1n) is 12.8. The summed E-state index contributed by atoms with van der Waals surface area (Å²) >= 11 is 1.72. The van der Waals surface area contributed by atoms with E-state index in [0.29, 0.717) is 24.1 Å². The molecule has 1 N–H and O–H groups in total. The van der Waals surface area contributed by atoms with E-state index in [9.17, 15) is 0 Å². The maximum Gasteiger partial charge on any atom is 0.179 e. The molecule has 1 atom stereocenters. The van der Waals surface area contributed by atoms with Gasteiger partial charge in [-0.25, -0.2) is 15.0 Å². The minimum atomic E-state index is -0.138. The zero-order valence-electron chi connectivity index (χ0n) is 21.4. The highest BCUT2D eigenvalue weighted by Crippen LogP contribution is 2.49. The molecule has 0 saturated heterocycles. The number of pyridine rings is 1. The van der Waals surface area contributed by atoms with E-state index in [1.54, 1.807) is 17.5 Å². The Kier molecular flexibility index (Phi) is 5.70. The smallest absolute Gasteiger partial charge is 0.179 e. The Bertz CT molecular complexity index is 1720. The van der Waals surface area contributed by atoms with Crippen molar-refractivity contribution in [2.45, 2.75) is 19.9 Å². The molecule has 0 aliphatic carbocycles. The minimum absolute atomic E-state index is 0.138. The molecule has 5 heterocycles. The van der Waals surface area contributed by atoms with Gasteiger partial charge in [0.25, 0.3) is 0 Å². The average molecular weight is 532 g/mol. The van der Waals surface area contributed by atoms with E-state index in [-0.39, 0.29) is 6.04 Å². The summed E-state index contributed by atoms with van der Waals surface area (Å²) in [6.45, 7) is 4.58. The summed E-state index contributed by atoms with van der Waals surface area (Å²) in [6.07, 6.45) is 1.77. The predicted octanol–water partition coefficient (Wildman–Crippen LogP) is 6.83. The number of aromatic nitrogens is 3. The number of ether oxygens (including phenoxy) is 1. The van der Waals surface area contributed by atoms with Crippen molar-refractivity contribution in [2.24, 2.45) is 9.98 Å². The lowest BCUT2D eigenvalue weighted by Gasteiger charge is -2.40. The van der Waals surface area contributed by atoms with Crippen LogP contribution in [0.2, 0.25) is 0 Å². The Morgan fingerprint density at radius 2 is 1.79 bits per heavy atom. The molecule has 2 aliphatic rings. The number of amidine groups is 2. The maximum atomic E-state index is 5.91. The summed E-state index contributed by atoms with van der Waals surface area (Å²) in [7, 11) is 0. The Balaban J connectivity index is 1.47. The van der Waals surface area contributed by atoms with Crippen LogP contribution in [0.25, 0.3) is 5.82 Å². The van der Waals surface area contributed by atoms with Crippen LogP contribution in [0.15, 0.2) is 100 Å². The van der Waals surface area contributed by atoms with Crippen LogP contribution in [-0.4, -0.2) is 33.0 Å². The highest BCUT2D eigenvalue weighted by atomic mass is 32.1. The highest BCUT2D eigenvalue weighted by Gasteiger charge is 2.42. The van der Waals surface area contributed by atoms with Crippen molar-refractivity contribution in [1.29, 1.82) is 0 Å². The van der Waals surface area contributed by atoms with Crippen LogP contribution in [0.4, 0.5) is 22.9 Å². The molecule has 0 amide bonds. The molecular formula is C30H25N7OS. The van der Waals surface area contributed by atoms with E-state index in [0.717, 1.165) is 39.9 Å². The fraction of sp³-hybridized carbons (Fsp3) is 0.133. The number of aryl methyl sites for hydroxylation is 1. The Labute approximate surface area is 230 Å². The summed E-state index contributed by atoms with van der Waals surface area (Å²) in [5.74, 6) is 3.58. The SMILES string of the molecule is CCOc1ccccc1NC1=Nc2ccccc2N2C1=Nc1c(c(C)nn1-c1ccccn1)[C@H]2c1cccs1. The van der Waals surface area contributed by atoms with Crippen molar-refractivity contribution in [2.75, 3.05) is 16.8 Å².